The van der Waals surface area contributed by atoms with Crippen LogP contribution >= 0.6 is 0 Å². The Kier molecular flexibility index (Phi) is 3.75. The van der Waals surface area contributed by atoms with Gasteiger partial charge >= 0.3 is 5.69 Å². The number of H-pyrrole nitrogens is 1. The van der Waals surface area contributed by atoms with Gasteiger partial charge in [0.1, 0.15) is 0 Å². The Morgan fingerprint density at radius 3 is 2.78 bits per heavy atom. The zero-order valence-electron chi connectivity index (χ0n) is 13.5. The first-order chi connectivity index (χ1) is 11.1. The Morgan fingerprint density at radius 2 is 2.00 bits per heavy atom. The van der Waals surface area contributed by atoms with E-state index in [9.17, 15) is 9.90 Å². The normalized spacial score (nSPS) is 26.5. The van der Waals surface area contributed by atoms with Gasteiger partial charge in [0.15, 0.2) is 0 Å². The maximum atomic E-state index is 12.1. The fourth-order valence-electron chi connectivity index (χ4n) is 4.00. The fourth-order valence-corrected chi connectivity index (χ4v) is 4.00. The highest BCUT2D eigenvalue weighted by Crippen LogP contribution is 2.30. The minimum atomic E-state index is -0.581. The third-order valence-electron chi connectivity index (χ3n) is 5.36. The van der Waals surface area contributed by atoms with Gasteiger partial charge in [-0.1, -0.05) is 12.1 Å². The summed E-state index contributed by atoms with van der Waals surface area (Å²) in [5.74, 6) is 0. The molecule has 4 rings (SSSR count). The molecule has 3 heterocycles. The highest BCUT2D eigenvalue weighted by atomic mass is 16.3. The van der Waals surface area contributed by atoms with E-state index in [1.54, 1.807) is 4.57 Å². The molecule has 0 amide bonds. The van der Waals surface area contributed by atoms with Crippen LogP contribution in [0.2, 0.25) is 0 Å². The quantitative estimate of drug-likeness (QED) is 0.767. The number of rotatable bonds is 2. The van der Waals surface area contributed by atoms with E-state index >= 15 is 0 Å². The fraction of sp³-hybridized carbons (Fsp3) is 0.588. The van der Waals surface area contributed by atoms with Crippen LogP contribution in [0.15, 0.2) is 23.0 Å². The number of nitrogens with one attached hydrogen (secondary N) is 2. The summed E-state index contributed by atoms with van der Waals surface area (Å²) in [5.41, 5.74) is 2.44. The molecule has 2 unspecified atom stereocenters. The number of aryl methyl sites for hydroxylation is 1. The van der Waals surface area contributed by atoms with Gasteiger partial charge in [-0.2, -0.15) is 0 Å². The summed E-state index contributed by atoms with van der Waals surface area (Å²) >= 11 is 0. The van der Waals surface area contributed by atoms with E-state index in [1.807, 2.05) is 18.2 Å². The molecule has 1 aromatic carbocycles. The molecule has 1 aromatic heterocycles. The van der Waals surface area contributed by atoms with Crippen molar-refractivity contribution in [3.05, 3.63) is 34.2 Å². The van der Waals surface area contributed by atoms with Crippen molar-refractivity contribution in [1.82, 2.24) is 19.8 Å². The van der Waals surface area contributed by atoms with Crippen LogP contribution in [0.4, 0.5) is 0 Å². The number of likely N-dealkylation sites (tertiary alicyclic amines) is 1. The molecule has 2 aliphatic heterocycles. The standard InChI is InChI=1S/C17H24N4O2/c1-20-8-5-11(6-9-20)18-14-7-10-21-15-12(16(14)22)3-2-4-13(15)19-17(21)23/h2-4,11,14,16,18,22H,5-10H2,1H3,(H,19,23). The first-order valence-corrected chi connectivity index (χ1v) is 8.47. The van der Waals surface area contributed by atoms with E-state index < -0.39 is 6.10 Å². The average Bonchev–Trinajstić information content (AvgIpc) is 2.80. The third-order valence-corrected chi connectivity index (χ3v) is 5.36. The van der Waals surface area contributed by atoms with Crippen molar-refractivity contribution < 1.29 is 5.11 Å². The molecule has 0 bridgehead atoms. The lowest BCUT2D eigenvalue weighted by Crippen LogP contribution is -2.47. The number of aromatic amines is 1. The predicted octanol–water partition coefficient (Wildman–Crippen LogP) is 0.819. The lowest BCUT2D eigenvalue weighted by Gasteiger charge is -2.34. The maximum absolute atomic E-state index is 12.1. The van der Waals surface area contributed by atoms with E-state index in [4.69, 9.17) is 0 Å². The summed E-state index contributed by atoms with van der Waals surface area (Å²) in [4.78, 5) is 17.4. The van der Waals surface area contributed by atoms with Crippen molar-refractivity contribution in [2.24, 2.45) is 0 Å². The number of aliphatic hydroxyl groups excluding tert-OH is 1. The first-order valence-electron chi connectivity index (χ1n) is 8.47. The van der Waals surface area contributed by atoms with Gasteiger partial charge in [-0.3, -0.25) is 4.57 Å². The molecule has 0 aliphatic carbocycles. The zero-order valence-corrected chi connectivity index (χ0v) is 13.5. The van der Waals surface area contributed by atoms with E-state index in [0.717, 1.165) is 48.9 Å². The van der Waals surface area contributed by atoms with Gasteiger partial charge in [-0.25, -0.2) is 4.79 Å². The SMILES string of the molecule is CN1CCC(NC2CCn3c(=O)[nH]c4cccc(c43)C2O)CC1. The molecular formula is C17H24N4O2. The number of hydrogen-bond acceptors (Lipinski definition) is 4. The number of imidazole rings is 1. The summed E-state index contributed by atoms with van der Waals surface area (Å²) < 4.78 is 1.77. The van der Waals surface area contributed by atoms with Crippen molar-refractivity contribution >= 4 is 11.0 Å². The Hall–Kier alpha value is -1.63. The second kappa shape index (κ2) is 5.78. The summed E-state index contributed by atoms with van der Waals surface area (Å²) in [6.07, 6.45) is 2.39. The molecule has 2 aromatic rings. The van der Waals surface area contributed by atoms with Crippen LogP contribution in [-0.2, 0) is 6.54 Å². The highest BCUT2D eigenvalue weighted by molar-refractivity contribution is 5.79. The van der Waals surface area contributed by atoms with Crippen molar-refractivity contribution in [3.63, 3.8) is 0 Å². The molecule has 0 radical (unpaired) electrons. The predicted molar refractivity (Wildman–Crippen MR) is 89.6 cm³/mol. The van der Waals surface area contributed by atoms with E-state index in [0.29, 0.717) is 12.6 Å². The lowest BCUT2D eigenvalue weighted by molar-refractivity contribution is 0.108. The Balaban J connectivity index is 1.62. The van der Waals surface area contributed by atoms with Crippen LogP contribution in [0, 0.1) is 0 Å². The van der Waals surface area contributed by atoms with Gasteiger partial charge in [0.2, 0.25) is 0 Å². The van der Waals surface area contributed by atoms with Gasteiger partial charge in [0, 0.05) is 24.2 Å². The van der Waals surface area contributed by atoms with Crippen LogP contribution in [0.3, 0.4) is 0 Å². The number of aromatic nitrogens is 2. The monoisotopic (exact) mass is 316 g/mol. The molecule has 2 aliphatic rings. The Morgan fingerprint density at radius 1 is 1.22 bits per heavy atom. The molecule has 6 nitrogen and oxygen atoms in total. The third kappa shape index (κ3) is 2.60. The zero-order chi connectivity index (χ0) is 16.0. The molecule has 124 valence electrons. The Bertz CT molecular complexity index is 758. The topological polar surface area (TPSA) is 73.3 Å². The van der Waals surface area contributed by atoms with Gasteiger partial charge in [0.25, 0.3) is 0 Å². The highest BCUT2D eigenvalue weighted by Gasteiger charge is 2.30. The van der Waals surface area contributed by atoms with Crippen LogP contribution in [0.1, 0.15) is 30.9 Å². The number of para-hydroxylation sites is 1. The van der Waals surface area contributed by atoms with Gasteiger partial charge in [-0.15, -0.1) is 0 Å². The molecule has 0 saturated carbocycles. The van der Waals surface area contributed by atoms with E-state index in [-0.39, 0.29) is 11.7 Å². The largest absolute Gasteiger partial charge is 0.387 e. The second-order valence-electron chi connectivity index (χ2n) is 6.91. The Labute approximate surface area is 135 Å². The average molecular weight is 316 g/mol. The van der Waals surface area contributed by atoms with E-state index in [1.165, 1.54) is 0 Å². The number of hydrogen-bond donors (Lipinski definition) is 3. The second-order valence-corrected chi connectivity index (χ2v) is 6.91. The summed E-state index contributed by atoms with van der Waals surface area (Å²) in [7, 11) is 2.15. The minimum absolute atomic E-state index is 0.00620. The molecule has 23 heavy (non-hydrogen) atoms. The smallest absolute Gasteiger partial charge is 0.326 e. The first kappa shape index (κ1) is 14.9. The molecule has 3 N–H and O–H groups in total. The van der Waals surface area contributed by atoms with E-state index in [2.05, 4.69) is 22.2 Å². The molecule has 1 fully saturated rings. The summed E-state index contributed by atoms with van der Waals surface area (Å²) in [6.45, 7) is 2.82. The van der Waals surface area contributed by atoms with Gasteiger partial charge < -0.3 is 20.3 Å². The molecule has 2 atom stereocenters. The molecule has 1 saturated heterocycles. The maximum Gasteiger partial charge on any atom is 0.326 e. The van der Waals surface area contributed by atoms with Gasteiger partial charge in [0.05, 0.1) is 17.1 Å². The van der Waals surface area contributed by atoms with Crippen molar-refractivity contribution in [3.8, 4) is 0 Å². The van der Waals surface area contributed by atoms with Crippen LogP contribution < -0.4 is 11.0 Å². The van der Waals surface area contributed by atoms with Crippen LogP contribution in [0.5, 0.6) is 0 Å². The van der Waals surface area contributed by atoms with Crippen molar-refractivity contribution in [2.45, 2.75) is 44.0 Å². The molecule has 0 spiro atoms. The number of aliphatic hydroxyl groups is 1. The number of piperidine rings is 1. The lowest BCUT2D eigenvalue weighted by atomic mass is 9.97. The van der Waals surface area contributed by atoms with Gasteiger partial charge in [-0.05, 0) is 45.5 Å². The number of nitrogens with zero attached hydrogens (tertiary/aromatic N) is 2. The van der Waals surface area contributed by atoms with Crippen LogP contribution in [-0.4, -0.2) is 51.8 Å². The molecular weight excluding hydrogens is 292 g/mol. The minimum Gasteiger partial charge on any atom is -0.387 e. The summed E-state index contributed by atoms with van der Waals surface area (Å²) in [5, 5.41) is 14.6. The summed E-state index contributed by atoms with van der Waals surface area (Å²) in [6, 6.07) is 6.17. The van der Waals surface area contributed by atoms with Crippen molar-refractivity contribution in [2.75, 3.05) is 20.1 Å². The molecule has 6 heteroatoms. The van der Waals surface area contributed by atoms with Crippen molar-refractivity contribution in [1.29, 1.82) is 0 Å². The van der Waals surface area contributed by atoms with Crippen LogP contribution in [0.25, 0.3) is 11.0 Å². The number of benzene rings is 1.